The molecule has 196 valence electrons. The second-order valence-electron chi connectivity index (χ2n) is 8.78. The first-order valence-corrected chi connectivity index (χ1v) is 12.8. The number of carboxylic acid groups (broad SMARTS) is 2. The summed E-state index contributed by atoms with van der Waals surface area (Å²) in [6.07, 6.45) is 2.38. The first-order valence-electron chi connectivity index (χ1n) is 11.4. The minimum atomic E-state index is -1.21. The lowest BCUT2D eigenvalue weighted by molar-refractivity contribution is -0.143. The Labute approximate surface area is 205 Å². The number of hydrogen-bond donors (Lipinski definition) is 6. The predicted molar refractivity (Wildman–Crippen MR) is 130 cm³/mol. The van der Waals surface area contributed by atoms with Crippen molar-refractivity contribution in [2.24, 2.45) is 17.6 Å². The third-order valence-corrected chi connectivity index (χ3v) is 6.01. The van der Waals surface area contributed by atoms with E-state index < -0.39 is 53.8 Å². The lowest BCUT2D eigenvalue weighted by Crippen LogP contribution is -2.58. The molecule has 0 bridgehead atoms. The maximum Gasteiger partial charge on any atom is 0.326 e. The maximum absolute atomic E-state index is 13.0. The van der Waals surface area contributed by atoms with Crippen LogP contribution >= 0.6 is 11.8 Å². The van der Waals surface area contributed by atoms with Crippen LogP contribution in [0.15, 0.2) is 0 Å². The predicted octanol–water partition coefficient (Wildman–Crippen LogP) is 0.563. The van der Waals surface area contributed by atoms with Gasteiger partial charge in [-0.15, -0.1) is 0 Å². The van der Waals surface area contributed by atoms with Crippen LogP contribution < -0.4 is 21.7 Å². The number of carbonyl (C=O) groups excluding carboxylic acids is 3. The van der Waals surface area contributed by atoms with E-state index in [9.17, 15) is 29.1 Å². The highest BCUT2D eigenvalue weighted by Crippen LogP contribution is 2.10. The molecule has 0 aliphatic rings. The summed E-state index contributed by atoms with van der Waals surface area (Å²) < 4.78 is 0. The summed E-state index contributed by atoms with van der Waals surface area (Å²) in [5, 5.41) is 26.0. The SMILES string of the molecule is CCC(C)C(NC(=O)C(CCSC)NC(=O)C(CCC(=O)O)NC(=O)C(N)CC(C)C)C(=O)O. The molecule has 5 unspecified atom stereocenters. The summed E-state index contributed by atoms with van der Waals surface area (Å²) in [6.45, 7) is 7.28. The number of hydrogen-bond acceptors (Lipinski definition) is 7. The van der Waals surface area contributed by atoms with Crippen LogP contribution in [-0.4, -0.2) is 76.0 Å². The molecule has 0 aromatic heterocycles. The summed E-state index contributed by atoms with van der Waals surface area (Å²) in [4.78, 5) is 60.9. The second kappa shape index (κ2) is 16.3. The fraction of sp³-hybridized carbons (Fsp3) is 0.773. The zero-order valence-electron chi connectivity index (χ0n) is 20.6. The van der Waals surface area contributed by atoms with Gasteiger partial charge in [0.25, 0.3) is 0 Å². The zero-order valence-corrected chi connectivity index (χ0v) is 21.4. The topological polar surface area (TPSA) is 188 Å². The van der Waals surface area contributed by atoms with Gasteiger partial charge in [-0.3, -0.25) is 19.2 Å². The third kappa shape index (κ3) is 12.2. The van der Waals surface area contributed by atoms with Gasteiger partial charge >= 0.3 is 11.9 Å². The zero-order chi connectivity index (χ0) is 26.4. The molecule has 0 fully saturated rings. The fourth-order valence-corrected chi connectivity index (χ4v) is 3.62. The molecule has 7 N–H and O–H groups in total. The van der Waals surface area contributed by atoms with Gasteiger partial charge < -0.3 is 31.9 Å². The van der Waals surface area contributed by atoms with Crippen molar-refractivity contribution in [3.8, 4) is 0 Å². The van der Waals surface area contributed by atoms with Crippen molar-refractivity contribution in [1.82, 2.24) is 16.0 Å². The van der Waals surface area contributed by atoms with Gasteiger partial charge in [-0.05, 0) is 43.1 Å². The molecule has 11 nitrogen and oxygen atoms in total. The van der Waals surface area contributed by atoms with Crippen LogP contribution in [0.2, 0.25) is 0 Å². The van der Waals surface area contributed by atoms with Gasteiger partial charge in [0.05, 0.1) is 6.04 Å². The van der Waals surface area contributed by atoms with Crippen molar-refractivity contribution < 1.29 is 34.2 Å². The van der Waals surface area contributed by atoms with Crippen molar-refractivity contribution in [3.63, 3.8) is 0 Å². The average Bonchev–Trinajstić information content (AvgIpc) is 2.75. The highest BCUT2D eigenvalue weighted by atomic mass is 32.2. The molecule has 0 aliphatic heterocycles. The fourth-order valence-electron chi connectivity index (χ4n) is 3.14. The van der Waals surface area contributed by atoms with E-state index in [1.54, 1.807) is 13.8 Å². The number of carbonyl (C=O) groups is 5. The van der Waals surface area contributed by atoms with Crippen LogP contribution in [0.25, 0.3) is 0 Å². The van der Waals surface area contributed by atoms with Gasteiger partial charge in [0.2, 0.25) is 17.7 Å². The van der Waals surface area contributed by atoms with E-state index in [1.807, 2.05) is 20.1 Å². The molecule has 12 heteroatoms. The molecule has 5 atom stereocenters. The van der Waals surface area contributed by atoms with Gasteiger partial charge in [-0.25, -0.2) is 4.79 Å². The molecule has 0 rings (SSSR count). The normalized spacial score (nSPS) is 15.5. The number of carboxylic acids is 2. The first-order chi connectivity index (χ1) is 15.8. The number of nitrogens with one attached hydrogen (secondary N) is 3. The van der Waals surface area contributed by atoms with Crippen molar-refractivity contribution >= 4 is 41.4 Å². The van der Waals surface area contributed by atoms with E-state index in [1.165, 1.54) is 11.8 Å². The summed E-state index contributed by atoms with van der Waals surface area (Å²) in [7, 11) is 0. The summed E-state index contributed by atoms with van der Waals surface area (Å²) in [5.41, 5.74) is 5.88. The molecular formula is C22H40N4O7S. The van der Waals surface area contributed by atoms with E-state index in [2.05, 4.69) is 16.0 Å². The Morgan fingerprint density at radius 3 is 1.88 bits per heavy atom. The quantitative estimate of drug-likeness (QED) is 0.164. The Kier molecular flexibility index (Phi) is 15.2. The summed E-state index contributed by atoms with van der Waals surface area (Å²) in [6, 6.07) is -4.26. The minimum Gasteiger partial charge on any atom is -0.481 e. The summed E-state index contributed by atoms with van der Waals surface area (Å²) >= 11 is 1.44. The number of rotatable bonds is 17. The molecule has 0 spiro atoms. The lowest BCUT2D eigenvalue weighted by Gasteiger charge is -2.26. The molecule has 0 saturated carbocycles. The molecule has 34 heavy (non-hydrogen) atoms. The van der Waals surface area contributed by atoms with E-state index in [4.69, 9.17) is 10.8 Å². The van der Waals surface area contributed by atoms with E-state index in [0.717, 1.165) is 0 Å². The number of nitrogens with two attached hydrogens (primary N) is 1. The minimum absolute atomic E-state index is 0.138. The number of thioether (sulfide) groups is 1. The molecule has 0 saturated heterocycles. The molecular weight excluding hydrogens is 464 g/mol. The van der Waals surface area contributed by atoms with Crippen LogP contribution in [-0.2, 0) is 24.0 Å². The Morgan fingerprint density at radius 1 is 0.882 bits per heavy atom. The monoisotopic (exact) mass is 504 g/mol. The summed E-state index contributed by atoms with van der Waals surface area (Å²) in [5.74, 6) is -3.99. The Morgan fingerprint density at radius 2 is 1.41 bits per heavy atom. The Bertz CT molecular complexity index is 705. The molecule has 0 aromatic carbocycles. The number of amides is 3. The second-order valence-corrected chi connectivity index (χ2v) is 9.77. The molecule has 0 heterocycles. The first kappa shape index (κ1) is 31.7. The van der Waals surface area contributed by atoms with Gasteiger partial charge in [0.15, 0.2) is 0 Å². The largest absolute Gasteiger partial charge is 0.481 e. The van der Waals surface area contributed by atoms with Crippen molar-refractivity contribution in [1.29, 1.82) is 0 Å². The van der Waals surface area contributed by atoms with Crippen LogP contribution in [0.3, 0.4) is 0 Å². The van der Waals surface area contributed by atoms with Crippen molar-refractivity contribution in [2.45, 2.75) is 84.0 Å². The molecule has 0 radical (unpaired) electrons. The van der Waals surface area contributed by atoms with Crippen LogP contribution in [0.1, 0.15) is 59.8 Å². The van der Waals surface area contributed by atoms with E-state index in [0.29, 0.717) is 18.6 Å². The molecule has 0 aliphatic carbocycles. The van der Waals surface area contributed by atoms with E-state index >= 15 is 0 Å². The lowest BCUT2D eigenvalue weighted by atomic mass is 9.98. The van der Waals surface area contributed by atoms with Crippen molar-refractivity contribution in [2.75, 3.05) is 12.0 Å². The Balaban J connectivity index is 5.56. The maximum atomic E-state index is 13.0. The number of aliphatic carboxylic acids is 2. The van der Waals surface area contributed by atoms with Crippen LogP contribution in [0.5, 0.6) is 0 Å². The molecule has 0 aromatic rings. The smallest absolute Gasteiger partial charge is 0.326 e. The highest BCUT2D eigenvalue weighted by Gasteiger charge is 2.32. The van der Waals surface area contributed by atoms with Crippen LogP contribution in [0.4, 0.5) is 0 Å². The highest BCUT2D eigenvalue weighted by molar-refractivity contribution is 7.98. The van der Waals surface area contributed by atoms with Crippen LogP contribution in [0, 0.1) is 11.8 Å². The van der Waals surface area contributed by atoms with Crippen molar-refractivity contribution in [3.05, 3.63) is 0 Å². The standard InChI is InChI=1S/C22H40N4O7S/c1-6-13(4)18(22(32)33)26-21(31)16(9-10-34-5)25-20(30)15(7-8-17(27)28)24-19(29)14(23)11-12(2)3/h12-16,18H,6-11,23H2,1-5H3,(H,24,29)(H,25,30)(H,26,31)(H,27,28)(H,32,33). The third-order valence-electron chi connectivity index (χ3n) is 5.36. The molecule has 3 amide bonds. The van der Waals surface area contributed by atoms with E-state index in [-0.39, 0.29) is 31.1 Å². The van der Waals surface area contributed by atoms with Gasteiger partial charge in [-0.1, -0.05) is 34.1 Å². The van der Waals surface area contributed by atoms with Gasteiger partial charge in [-0.2, -0.15) is 11.8 Å². The average molecular weight is 505 g/mol. The van der Waals surface area contributed by atoms with Gasteiger partial charge in [0, 0.05) is 6.42 Å². The Hall–Kier alpha value is -2.34. The van der Waals surface area contributed by atoms with Gasteiger partial charge in [0.1, 0.15) is 18.1 Å².